The molecule has 1 amide bonds. The van der Waals surface area contributed by atoms with Gasteiger partial charge in [0, 0.05) is 19.6 Å². The number of hydrogen-bond acceptors (Lipinski definition) is 4. The zero-order valence-corrected chi connectivity index (χ0v) is 12.2. The topological polar surface area (TPSA) is 92.5 Å². The first kappa shape index (κ1) is 15.0. The van der Waals surface area contributed by atoms with Gasteiger partial charge in [0.25, 0.3) is 0 Å². The van der Waals surface area contributed by atoms with Crippen molar-refractivity contribution in [3.63, 3.8) is 0 Å². The Labute approximate surface area is 119 Å². The van der Waals surface area contributed by atoms with Gasteiger partial charge in [0.2, 0.25) is 15.9 Å². The van der Waals surface area contributed by atoms with Crippen molar-refractivity contribution >= 4 is 15.9 Å². The standard InChI is InChI=1S/C13H19N3O3S/c1-10-13(17)15-6-7-16(10)20(18,19)9-12-4-2-11(8-14)3-5-12/h2-5,10H,6-9,14H2,1H3,(H,15,17). The average molecular weight is 297 g/mol. The molecular formula is C13H19N3O3S. The van der Waals surface area contributed by atoms with Gasteiger partial charge in [-0.1, -0.05) is 24.3 Å². The molecule has 1 unspecified atom stereocenters. The minimum Gasteiger partial charge on any atom is -0.353 e. The van der Waals surface area contributed by atoms with Gasteiger partial charge in [-0.15, -0.1) is 0 Å². The molecule has 0 bridgehead atoms. The molecule has 0 radical (unpaired) electrons. The second-order valence-electron chi connectivity index (χ2n) is 4.85. The third-order valence-electron chi connectivity index (χ3n) is 3.41. The van der Waals surface area contributed by atoms with Crippen LogP contribution in [0.5, 0.6) is 0 Å². The minimum atomic E-state index is -3.50. The third kappa shape index (κ3) is 3.17. The number of piperazine rings is 1. The van der Waals surface area contributed by atoms with Crippen LogP contribution < -0.4 is 11.1 Å². The number of nitrogens with one attached hydrogen (secondary N) is 1. The highest BCUT2D eigenvalue weighted by Gasteiger charge is 2.34. The largest absolute Gasteiger partial charge is 0.353 e. The molecule has 1 aromatic carbocycles. The van der Waals surface area contributed by atoms with Crippen molar-refractivity contribution in [2.45, 2.75) is 25.3 Å². The third-order valence-corrected chi connectivity index (χ3v) is 5.32. The maximum atomic E-state index is 12.4. The zero-order valence-electron chi connectivity index (χ0n) is 11.4. The predicted molar refractivity (Wildman–Crippen MR) is 76.1 cm³/mol. The number of hydrogen-bond donors (Lipinski definition) is 2. The van der Waals surface area contributed by atoms with Gasteiger partial charge in [-0.3, -0.25) is 4.79 Å². The van der Waals surface area contributed by atoms with E-state index in [-0.39, 0.29) is 11.7 Å². The first-order valence-electron chi connectivity index (χ1n) is 6.49. The maximum Gasteiger partial charge on any atom is 0.238 e. The summed E-state index contributed by atoms with van der Waals surface area (Å²) in [5.41, 5.74) is 7.16. The Morgan fingerprint density at radius 1 is 1.30 bits per heavy atom. The summed E-state index contributed by atoms with van der Waals surface area (Å²) in [6.07, 6.45) is 0. The minimum absolute atomic E-state index is 0.102. The molecular weight excluding hydrogens is 278 g/mol. The van der Waals surface area contributed by atoms with Crippen molar-refractivity contribution < 1.29 is 13.2 Å². The van der Waals surface area contributed by atoms with Crippen LogP contribution in [-0.2, 0) is 27.1 Å². The Balaban J connectivity index is 2.15. The molecule has 6 nitrogen and oxygen atoms in total. The first-order chi connectivity index (χ1) is 9.44. The smallest absolute Gasteiger partial charge is 0.238 e. The van der Waals surface area contributed by atoms with E-state index in [2.05, 4.69) is 5.32 Å². The lowest BCUT2D eigenvalue weighted by Crippen LogP contribution is -2.55. The van der Waals surface area contributed by atoms with Crippen LogP contribution in [0.4, 0.5) is 0 Å². The Morgan fingerprint density at radius 2 is 1.90 bits per heavy atom. The highest BCUT2D eigenvalue weighted by Crippen LogP contribution is 2.16. The summed E-state index contributed by atoms with van der Waals surface area (Å²) in [6, 6.07) is 6.49. The number of sulfonamides is 1. The lowest BCUT2D eigenvalue weighted by atomic mass is 10.1. The fourth-order valence-corrected chi connectivity index (χ4v) is 3.93. The van der Waals surface area contributed by atoms with E-state index in [0.717, 1.165) is 5.56 Å². The monoisotopic (exact) mass is 297 g/mol. The van der Waals surface area contributed by atoms with Gasteiger partial charge in [0.05, 0.1) is 5.75 Å². The second-order valence-corrected chi connectivity index (χ2v) is 6.78. The Kier molecular flexibility index (Phi) is 4.42. The van der Waals surface area contributed by atoms with E-state index >= 15 is 0 Å². The van der Waals surface area contributed by atoms with E-state index in [1.165, 1.54) is 4.31 Å². The van der Waals surface area contributed by atoms with Gasteiger partial charge >= 0.3 is 0 Å². The summed E-state index contributed by atoms with van der Waals surface area (Å²) in [7, 11) is -3.50. The maximum absolute atomic E-state index is 12.4. The van der Waals surface area contributed by atoms with Crippen LogP contribution in [0.1, 0.15) is 18.1 Å². The number of carbonyl (C=O) groups excluding carboxylic acids is 1. The summed E-state index contributed by atoms with van der Waals surface area (Å²) < 4.78 is 26.0. The van der Waals surface area contributed by atoms with Gasteiger partial charge in [-0.25, -0.2) is 8.42 Å². The number of nitrogens with zero attached hydrogens (tertiary/aromatic N) is 1. The number of benzene rings is 1. The zero-order chi connectivity index (χ0) is 14.8. The van der Waals surface area contributed by atoms with Gasteiger partial charge in [-0.2, -0.15) is 4.31 Å². The summed E-state index contributed by atoms with van der Waals surface area (Å²) in [5.74, 6) is -0.353. The average Bonchev–Trinajstić information content (AvgIpc) is 2.42. The first-order valence-corrected chi connectivity index (χ1v) is 8.10. The van der Waals surface area contributed by atoms with Crippen LogP contribution in [0.3, 0.4) is 0 Å². The fourth-order valence-electron chi connectivity index (χ4n) is 2.21. The van der Waals surface area contributed by atoms with Crippen LogP contribution in [-0.4, -0.2) is 37.8 Å². The lowest BCUT2D eigenvalue weighted by Gasteiger charge is -2.31. The predicted octanol–water partition coefficient (Wildman–Crippen LogP) is -0.205. The van der Waals surface area contributed by atoms with E-state index in [0.29, 0.717) is 25.2 Å². The van der Waals surface area contributed by atoms with Crippen LogP contribution in [0.25, 0.3) is 0 Å². The summed E-state index contributed by atoms with van der Waals surface area (Å²) >= 11 is 0. The van der Waals surface area contributed by atoms with E-state index in [1.54, 1.807) is 19.1 Å². The molecule has 1 fully saturated rings. The van der Waals surface area contributed by atoms with E-state index in [1.807, 2.05) is 12.1 Å². The van der Waals surface area contributed by atoms with E-state index in [4.69, 9.17) is 5.73 Å². The summed E-state index contributed by atoms with van der Waals surface area (Å²) in [5, 5.41) is 2.65. The fraction of sp³-hybridized carbons (Fsp3) is 0.462. The summed E-state index contributed by atoms with van der Waals surface area (Å²) in [4.78, 5) is 11.6. The number of amides is 1. The van der Waals surface area contributed by atoms with Crippen molar-refractivity contribution in [2.75, 3.05) is 13.1 Å². The molecule has 2 rings (SSSR count). The van der Waals surface area contributed by atoms with Crippen molar-refractivity contribution in [3.05, 3.63) is 35.4 Å². The van der Waals surface area contributed by atoms with Crippen molar-refractivity contribution in [3.8, 4) is 0 Å². The highest BCUT2D eigenvalue weighted by molar-refractivity contribution is 7.88. The molecule has 3 N–H and O–H groups in total. The lowest BCUT2D eigenvalue weighted by molar-refractivity contribution is -0.126. The van der Waals surface area contributed by atoms with Crippen molar-refractivity contribution in [2.24, 2.45) is 5.73 Å². The van der Waals surface area contributed by atoms with Gasteiger partial charge in [0.1, 0.15) is 6.04 Å². The molecule has 110 valence electrons. The molecule has 7 heteroatoms. The van der Waals surface area contributed by atoms with Crippen LogP contribution in [0.15, 0.2) is 24.3 Å². The van der Waals surface area contributed by atoms with E-state index < -0.39 is 16.1 Å². The molecule has 1 saturated heterocycles. The number of carbonyl (C=O) groups is 1. The second kappa shape index (κ2) is 5.90. The number of nitrogens with two attached hydrogens (primary N) is 1. The van der Waals surface area contributed by atoms with Crippen molar-refractivity contribution in [1.82, 2.24) is 9.62 Å². The van der Waals surface area contributed by atoms with Gasteiger partial charge in [0.15, 0.2) is 0 Å². The molecule has 1 atom stereocenters. The molecule has 1 aliphatic heterocycles. The SMILES string of the molecule is CC1C(=O)NCCN1S(=O)(=O)Cc1ccc(CN)cc1. The van der Waals surface area contributed by atoms with Crippen LogP contribution in [0.2, 0.25) is 0 Å². The van der Waals surface area contributed by atoms with Crippen molar-refractivity contribution in [1.29, 1.82) is 0 Å². The Hall–Kier alpha value is -1.44. The molecule has 0 saturated carbocycles. The molecule has 0 spiro atoms. The van der Waals surface area contributed by atoms with Crippen LogP contribution >= 0.6 is 0 Å². The Bertz CT molecular complexity index is 583. The highest BCUT2D eigenvalue weighted by atomic mass is 32.2. The molecule has 1 aliphatic rings. The normalized spacial score (nSPS) is 20.7. The number of rotatable bonds is 4. The quantitative estimate of drug-likeness (QED) is 0.804. The molecule has 0 aromatic heterocycles. The van der Waals surface area contributed by atoms with E-state index in [9.17, 15) is 13.2 Å². The van der Waals surface area contributed by atoms with Gasteiger partial charge in [-0.05, 0) is 18.1 Å². The summed E-state index contributed by atoms with van der Waals surface area (Å²) in [6.45, 7) is 2.70. The molecule has 1 heterocycles. The van der Waals surface area contributed by atoms with Gasteiger partial charge < -0.3 is 11.1 Å². The molecule has 1 aromatic rings. The molecule has 20 heavy (non-hydrogen) atoms. The molecule has 0 aliphatic carbocycles. The Morgan fingerprint density at radius 3 is 2.50 bits per heavy atom. The van der Waals surface area contributed by atoms with Crippen LogP contribution in [0, 0.1) is 0 Å².